The largest absolute Gasteiger partial charge is 0.416 e. The third kappa shape index (κ3) is 5.48. The van der Waals surface area contributed by atoms with Crippen LogP contribution in [0.15, 0.2) is 41.9 Å². The van der Waals surface area contributed by atoms with Crippen molar-refractivity contribution in [3.63, 3.8) is 0 Å². The minimum Gasteiger partial charge on any atom is -0.356 e. The summed E-state index contributed by atoms with van der Waals surface area (Å²) in [5.74, 6) is 0.674. The molecule has 0 spiro atoms. The molecule has 9 heteroatoms. The number of nitrogens with zero attached hydrogens (tertiary/aromatic N) is 4. The number of rotatable bonds is 8. The van der Waals surface area contributed by atoms with Crippen LogP contribution in [0.25, 0.3) is 0 Å². The summed E-state index contributed by atoms with van der Waals surface area (Å²) < 4.78 is 41.2. The average molecular weight is 408 g/mol. The van der Waals surface area contributed by atoms with Crippen molar-refractivity contribution in [2.75, 3.05) is 20.1 Å². The molecule has 1 saturated carbocycles. The fraction of sp³-hybridized carbons (Fsp3) is 0.550. The van der Waals surface area contributed by atoms with Gasteiger partial charge >= 0.3 is 6.18 Å². The zero-order valence-corrected chi connectivity index (χ0v) is 16.5. The van der Waals surface area contributed by atoms with Crippen LogP contribution in [0, 0.1) is 0 Å². The maximum atomic E-state index is 13.1. The van der Waals surface area contributed by atoms with Crippen LogP contribution >= 0.6 is 0 Å². The van der Waals surface area contributed by atoms with Gasteiger partial charge in [0.05, 0.1) is 5.56 Å². The summed E-state index contributed by atoms with van der Waals surface area (Å²) in [5, 5.41) is 14.1. The molecular formula is C20H27F3N6. The fourth-order valence-electron chi connectivity index (χ4n) is 3.63. The molecular weight excluding hydrogens is 381 g/mol. The molecule has 0 bridgehead atoms. The molecule has 1 aliphatic carbocycles. The van der Waals surface area contributed by atoms with Gasteiger partial charge in [-0.15, -0.1) is 10.2 Å². The van der Waals surface area contributed by atoms with Gasteiger partial charge in [0.2, 0.25) is 0 Å². The molecule has 0 amide bonds. The summed E-state index contributed by atoms with van der Waals surface area (Å²) >= 11 is 0. The third-order valence-electron chi connectivity index (χ3n) is 5.53. The number of hydrogen-bond donors (Lipinski definition) is 2. The van der Waals surface area contributed by atoms with Gasteiger partial charge in [0.25, 0.3) is 0 Å². The van der Waals surface area contributed by atoms with Crippen LogP contribution in [0.5, 0.6) is 0 Å². The summed E-state index contributed by atoms with van der Waals surface area (Å²) in [6, 6.07) is 5.73. The second kappa shape index (κ2) is 9.28. The van der Waals surface area contributed by atoms with Crippen LogP contribution < -0.4 is 10.6 Å². The van der Waals surface area contributed by atoms with Crippen molar-refractivity contribution < 1.29 is 13.2 Å². The third-order valence-corrected chi connectivity index (χ3v) is 5.53. The predicted octanol–water partition coefficient (Wildman–Crippen LogP) is 3.36. The molecule has 2 N–H and O–H groups in total. The summed E-state index contributed by atoms with van der Waals surface area (Å²) in [6.07, 6.45) is 3.77. The Bertz CT molecular complexity index is 797. The quantitative estimate of drug-likeness (QED) is 0.399. The van der Waals surface area contributed by atoms with Crippen LogP contribution in [0.3, 0.4) is 0 Å². The van der Waals surface area contributed by atoms with E-state index in [1.54, 1.807) is 25.8 Å². The van der Waals surface area contributed by atoms with Crippen LogP contribution in [0.2, 0.25) is 0 Å². The Morgan fingerprint density at radius 1 is 1.17 bits per heavy atom. The molecule has 1 aromatic heterocycles. The summed E-state index contributed by atoms with van der Waals surface area (Å²) in [7, 11) is 1.70. The van der Waals surface area contributed by atoms with Gasteiger partial charge in [0.1, 0.15) is 12.7 Å². The zero-order valence-electron chi connectivity index (χ0n) is 16.5. The van der Waals surface area contributed by atoms with Crippen LogP contribution in [-0.2, 0) is 18.1 Å². The molecule has 6 nitrogen and oxygen atoms in total. The Labute approximate surface area is 168 Å². The van der Waals surface area contributed by atoms with Crippen molar-refractivity contribution in [2.24, 2.45) is 4.99 Å². The van der Waals surface area contributed by atoms with Gasteiger partial charge in [-0.3, -0.25) is 4.99 Å². The first-order valence-corrected chi connectivity index (χ1v) is 9.88. The molecule has 0 saturated heterocycles. The number of aryl methyl sites for hydroxylation is 1. The summed E-state index contributed by atoms with van der Waals surface area (Å²) in [4.78, 5) is 4.24. The SMILES string of the molecule is CN=C(NCCCCn1cnnc1)NCC1(c2cccc(C(F)(F)F)c2)CCC1. The van der Waals surface area contributed by atoms with Crippen LogP contribution in [-0.4, -0.2) is 40.9 Å². The van der Waals surface area contributed by atoms with Gasteiger partial charge in [-0.2, -0.15) is 13.2 Å². The standard InChI is InChI=1S/C20H27F3N6/c1-24-18(25-10-2-3-11-29-14-27-28-15-29)26-13-19(8-5-9-19)16-6-4-7-17(12-16)20(21,22)23/h4,6-7,12,14-15H,2-3,5,8-11,13H2,1H3,(H2,24,25,26). The van der Waals surface area contributed by atoms with Crippen LogP contribution in [0.1, 0.15) is 43.2 Å². The number of aromatic nitrogens is 3. The van der Waals surface area contributed by atoms with E-state index in [9.17, 15) is 13.2 Å². The lowest BCUT2D eigenvalue weighted by Crippen LogP contribution is -2.49. The lowest BCUT2D eigenvalue weighted by atomic mass is 9.64. The van der Waals surface area contributed by atoms with E-state index in [1.807, 2.05) is 4.57 Å². The highest BCUT2D eigenvalue weighted by molar-refractivity contribution is 5.79. The first-order valence-electron chi connectivity index (χ1n) is 9.88. The number of halogens is 3. The molecule has 0 unspecified atom stereocenters. The van der Waals surface area contributed by atoms with E-state index >= 15 is 0 Å². The second-order valence-corrected chi connectivity index (χ2v) is 7.47. The highest BCUT2D eigenvalue weighted by Crippen LogP contribution is 2.44. The van der Waals surface area contributed by atoms with E-state index in [0.29, 0.717) is 12.5 Å². The van der Waals surface area contributed by atoms with Crippen molar-refractivity contribution in [3.05, 3.63) is 48.0 Å². The van der Waals surface area contributed by atoms with Crippen molar-refractivity contribution in [1.29, 1.82) is 0 Å². The van der Waals surface area contributed by atoms with Crippen molar-refractivity contribution in [3.8, 4) is 0 Å². The molecule has 0 aliphatic heterocycles. The minimum atomic E-state index is -4.32. The number of alkyl halides is 3. The number of guanidine groups is 1. The number of hydrogen-bond acceptors (Lipinski definition) is 3. The van der Waals surface area contributed by atoms with Gasteiger partial charge in [-0.25, -0.2) is 0 Å². The molecule has 158 valence electrons. The first-order chi connectivity index (χ1) is 13.9. The molecule has 1 heterocycles. The Kier molecular flexibility index (Phi) is 6.76. The minimum absolute atomic E-state index is 0.271. The van der Waals surface area contributed by atoms with Gasteiger partial charge < -0.3 is 15.2 Å². The molecule has 0 atom stereocenters. The lowest BCUT2D eigenvalue weighted by molar-refractivity contribution is -0.137. The van der Waals surface area contributed by atoms with Gasteiger partial charge in [-0.05, 0) is 37.3 Å². The van der Waals surface area contributed by atoms with E-state index in [0.717, 1.165) is 56.8 Å². The lowest BCUT2D eigenvalue weighted by Gasteiger charge is -2.43. The van der Waals surface area contributed by atoms with E-state index in [2.05, 4.69) is 25.8 Å². The second-order valence-electron chi connectivity index (χ2n) is 7.47. The van der Waals surface area contributed by atoms with Gasteiger partial charge in [-0.1, -0.05) is 24.6 Å². The fourth-order valence-corrected chi connectivity index (χ4v) is 3.63. The predicted molar refractivity (Wildman–Crippen MR) is 106 cm³/mol. The number of aliphatic imine (C=N–C) groups is 1. The molecule has 3 rings (SSSR count). The maximum absolute atomic E-state index is 13.1. The molecule has 1 aromatic carbocycles. The van der Waals surface area contributed by atoms with E-state index < -0.39 is 11.7 Å². The normalized spacial score (nSPS) is 16.3. The van der Waals surface area contributed by atoms with E-state index in [4.69, 9.17) is 0 Å². The van der Waals surface area contributed by atoms with Crippen molar-refractivity contribution >= 4 is 5.96 Å². The smallest absolute Gasteiger partial charge is 0.356 e. The first kappa shape index (κ1) is 21.1. The Morgan fingerprint density at radius 2 is 1.93 bits per heavy atom. The Morgan fingerprint density at radius 3 is 2.55 bits per heavy atom. The topological polar surface area (TPSA) is 67.1 Å². The highest BCUT2D eigenvalue weighted by Gasteiger charge is 2.40. The average Bonchev–Trinajstić information content (AvgIpc) is 3.18. The monoisotopic (exact) mass is 408 g/mol. The van der Waals surface area contributed by atoms with E-state index in [1.165, 1.54) is 12.1 Å². The molecule has 1 fully saturated rings. The summed E-state index contributed by atoms with van der Waals surface area (Å²) in [5.41, 5.74) is -0.111. The maximum Gasteiger partial charge on any atom is 0.416 e. The van der Waals surface area contributed by atoms with Gasteiger partial charge in [0.15, 0.2) is 5.96 Å². The Hall–Kier alpha value is -2.58. The molecule has 2 aromatic rings. The van der Waals surface area contributed by atoms with Crippen LogP contribution in [0.4, 0.5) is 13.2 Å². The number of benzene rings is 1. The number of unbranched alkanes of at least 4 members (excludes halogenated alkanes) is 1. The van der Waals surface area contributed by atoms with Gasteiger partial charge in [0, 0.05) is 32.1 Å². The molecule has 0 radical (unpaired) electrons. The van der Waals surface area contributed by atoms with Crippen molar-refractivity contribution in [1.82, 2.24) is 25.4 Å². The molecule has 1 aliphatic rings. The van der Waals surface area contributed by atoms with Crippen molar-refractivity contribution in [2.45, 2.75) is 50.2 Å². The van der Waals surface area contributed by atoms with E-state index in [-0.39, 0.29) is 5.41 Å². The number of nitrogens with one attached hydrogen (secondary N) is 2. The Balaban J connectivity index is 1.50. The highest BCUT2D eigenvalue weighted by atomic mass is 19.4. The molecule has 29 heavy (non-hydrogen) atoms. The summed E-state index contributed by atoms with van der Waals surface area (Å²) in [6.45, 7) is 2.19. The zero-order chi connectivity index (χ0) is 20.7.